The third-order valence-corrected chi connectivity index (χ3v) is 6.57. The largest absolute Gasteiger partial charge is 0.371 e. The maximum absolute atomic E-state index is 12.4. The first-order valence-corrected chi connectivity index (χ1v) is 10.6. The van der Waals surface area contributed by atoms with Crippen LogP contribution in [0.2, 0.25) is 0 Å². The van der Waals surface area contributed by atoms with E-state index < -0.39 is 0 Å². The number of pyridine rings is 1. The number of para-hydroxylation sites is 1. The lowest BCUT2D eigenvalue weighted by molar-refractivity contribution is -0.138. The number of fused-ring (bicyclic) bond motifs is 1. The van der Waals surface area contributed by atoms with Crippen molar-refractivity contribution >= 4 is 22.5 Å². The number of hydrogen-bond donors (Lipinski definition) is 0. The van der Waals surface area contributed by atoms with Gasteiger partial charge in [-0.05, 0) is 63.9 Å². The van der Waals surface area contributed by atoms with E-state index in [1.807, 2.05) is 12.3 Å². The zero-order valence-corrected chi connectivity index (χ0v) is 17.2. The highest BCUT2D eigenvalue weighted by atomic mass is 16.2. The highest BCUT2D eigenvalue weighted by molar-refractivity contribution is 5.91. The molecule has 0 N–H and O–H groups in total. The topological polar surface area (TPSA) is 39.7 Å². The van der Waals surface area contributed by atoms with Crippen LogP contribution in [0.3, 0.4) is 0 Å². The lowest BCUT2D eigenvalue weighted by atomic mass is 9.72. The highest BCUT2D eigenvalue weighted by Crippen LogP contribution is 2.42. The number of carbonyl (C=O) groups is 1. The van der Waals surface area contributed by atoms with Crippen molar-refractivity contribution in [3.05, 3.63) is 36.5 Å². The molecule has 2 saturated heterocycles. The molecule has 0 bridgehead atoms. The Morgan fingerprint density at radius 3 is 2.68 bits per heavy atom. The van der Waals surface area contributed by atoms with Crippen LogP contribution in [0.5, 0.6) is 0 Å². The first-order valence-electron chi connectivity index (χ1n) is 10.6. The van der Waals surface area contributed by atoms with Gasteiger partial charge in [-0.25, -0.2) is 0 Å². The normalized spacial score (nSPS) is 19.8. The van der Waals surface area contributed by atoms with E-state index >= 15 is 0 Å². The zero-order valence-electron chi connectivity index (χ0n) is 17.2. The van der Waals surface area contributed by atoms with Crippen molar-refractivity contribution < 1.29 is 4.79 Å². The summed E-state index contributed by atoms with van der Waals surface area (Å²) in [6.45, 7) is 5.02. The van der Waals surface area contributed by atoms with E-state index in [1.165, 1.54) is 23.9 Å². The second-order valence-corrected chi connectivity index (χ2v) is 8.81. The number of nitrogens with zero attached hydrogens (tertiary/aromatic N) is 4. The van der Waals surface area contributed by atoms with Crippen LogP contribution < -0.4 is 4.90 Å². The maximum atomic E-state index is 12.4. The highest BCUT2D eigenvalue weighted by Gasteiger charge is 2.40. The third kappa shape index (κ3) is 4.00. The van der Waals surface area contributed by atoms with E-state index in [2.05, 4.69) is 58.0 Å². The number of rotatable bonds is 5. The standard InChI is InChI=1S/C23H32N4O/c1-25(2)14-5-15-27-18-23(10-8-22(27)28)11-16-26(17-12-23)21-9-13-24-20-7-4-3-6-19(20)21/h3-4,6-7,9,13H,5,8,10-12,14-18H2,1-2H3. The van der Waals surface area contributed by atoms with Gasteiger partial charge in [-0.15, -0.1) is 0 Å². The van der Waals surface area contributed by atoms with E-state index in [0.717, 1.165) is 57.5 Å². The van der Waals surface area contributed by atoms with Gasteiger partial charge in [-0.1, -0.05) is 18.2 Å². The van der Waals surface area contributed by atoms with E-state index in [1.54, 1.807) is 0 Å². The summed E-state index contributed by atoms with van der Waals surface area (Å²) in [7, 11) is 4.19. The fourth-order valence-electron chi connectivity index (χ4n) is 4.87. The molecule has 5 nitrogen and oxygen atoms in total. The predicted octanol–water partition coefficient (Wildman–Crippen LogP) is 3.40. The molecule has 5 heteroatoms. The van der Waals surface area contributed by atoms with Crippen molar-refractivity contribution in [2.24, 2.45) is 5.41 Å². The zero-order chi connectivity index (χ0) is 19.6. The van der Waals surface area contributed by atoms with E-state index in [-0.39, 0.29) is 0 Å². The molecule has 4 rings (SSSR count). The summed E-state index contributed by atoms with van der Waals surface area (Å²) in [4.78, 5) is 23.8. The van der Waals surface area contributed by atoms with Gasteiger partial charge in [0.1, 0.15) is 0 Å². The molecule has 1 aromatic heterocycles. The molecule has 1 amide bonds. The number of likely N-dealkylation sites (tertiary alicyclic amines) is 1. The quantitative estimate of drug-likeness (QED) is 0.797. The van der Waals surface area contributed by atoms with Gasteiger partial charge in [-0.3, -0.25) is 9.78 Å². The monoisotopic (exact) mass is 380 g/mol. The number of benzene rings is 1. The Balaban J connectivity index is 1.42. The average molecular weight is 381 g/mol. The first kappa shape index (κ1) is 19.2. The molecular formula is C23H32N4O. The molecule has 2 aliphatic heterocycles. The second kappa shape index (κ2) is 8.08. The average Bonchev–Trinajstić information content (AvgIpc) is 2.71. The van der Waals surface area contributed by atoms with Crippen LogP contribution in [-0.2, 0) is 4.79 Å². The van der Waals surface area contributed by atoms with Gasteiger partial charge < -0.3 is 14.7 Å². The third-order valence-electron chi connectivity index (χ3n) is 6.57. The van der Waals surface area contributed by atoms with Crippen molar-refractivity contribution in [1.29, 1.82) is 0 Å². The minimum Gasteiger partial charge on any atom is -0.371 e. The van der Waals surface area contributed by atoms with E-state index in [0.29, 0.717) is 11.3 Å². The Kier molecular flexibility index (Phi) is 5.54. The lowest BCUT2D eigenvalue weighted by Crippen LogP contribution is -2.52. The molecule has 0 saturated carbocycles. The molecule has 3 heterocycles. The second-order valence-electron chi connectivity index (χ2n) is 8.81. The number of aromatic nitrogens is 1. The van der Waals surface area contributed by atoms with Crippen LogP contribution in [0.4, 0.5) is 5.69 Å². The van der Waals surface area contributed by atoms with Crippen molar-refractivity contribution in [2.45, 2.75) is 32.1 Å². The maximum Gasteiger partial charge on any atom is 0.222 e. The summed E-state index contributed by atoms with van der Waals surface area (Å²) >= 11 is 0. The first-order chi connectivity index (χ1) is 13.6. The van der Waals surface area contributed by atoms with E-state index in [4.69, 9.17) is 0 Å². The minimum atomic E-state index is 0.311. The van der Waals surface area contributed by atoms with Crippen LogP contribution in [0.1, 0.15) is 32.1 Å². The molecule has 0 aliphatic carbocycles. The van der Waals surface area contributed by atoms with Gasteiger partial charge in [0, 0.05) is 49.9 Å². The number of anilines is 1. The van der Waals surface area contributed by atoms with Gasteiger partial charge >= 0.3 is 0 Å². The molecular weight excluding hydrogens is 348 g/mol. The number of carbonyl (C=O) groups excluding carboxylic acids is 1. The van der Waals surface area contributed by atoms with Crippen LogP contribution in [0.15, 0.2) is 36.5 Å². The summed E-state index contributed by atoms with van der Waals surface area (Å²) in [6.07, 6.45) is 7.10. The van der Waals surface area contributed by atoms with Gasteiger partial charge in [-0.2, -0.15) is 0 Å². The Labute approximate surface area is 168 Å². The molecule has 28 heavy (non-hydrogen) atoms. The number of hydrogen-bond acceptors (Lipinski definition) is 4. The smallest absolute Gasteiger partial charge is 0.222 e. The fourth-order valence-corrected chi connectivity index (χ4v) is 4.87. The number of amides is 1. The minimum absolute atomic E-state index is 0.311. The summed E-state index contributed by atoms with van der Waals surface area (Å²) in [5.41, 5.74) is 2.68. The van der Waals surface area contributed by atoms with Gasteiger partial charge in [0.2, 0.25) is 5.91 Å². The van der Waals surface area contributed by atoms with Gasteiger partial charge in [0.05, 0.1) is 5.52 Å². The molecule has 150 valence electrons. The summed E-state index contributed by atoms with van der Waals surface area (Å²) < 4.78 is 0. The number of piperidine rings is 2. The molecule has 1 aromatic carbocycles. The van der Waals surface area contributed by atoms with Crippen molar-refractivity contribution in [1.82, 2.24) is 14.8 Å². The van der Waals surface area contributed by atoms with Crippen molar-refractivity contribution in [3.8, 4) is 0 Å². The van der Waals surface area contributed by atoms with Crippen LogP contribution >= 0.6 is 0 Å². The molecule has 2 fully saturated rings. The van der Waals surface area contributed by atoms with Crippen molar-refractivity contribution in [3.63, 3.8) is 0 Å². The molecule has 2 aliphatic rings. The Morgan fingerprint density at radius 2 is 1.89 bits per heavy atom. The van der Waals surface area contributed by atoms with Crippen LogP contribution in [0, 0.1) is 5.41 Å². The Morgan fingerprint density at radius 1 is 1.11 bits per heavy atom. The lowest BCUT2D eigenvalue weighted by Gasteiger charge is -2.48. The van der Waals surface area contributed by atoms with Crippen LogP contribution in [0.25, 0.3) is 10.9 Å². The Bertz CT molecular complexity index is 821. The summed E-state index contributed by atoms with van der Waals surface area (Å²) in [5, 5.41) is 1.24. The van der Waals surface area contributed by atoms with Gasteiger partial charge in [0.25, 0.3) is 0 Å². The summed E-state index contributed by atoms with van der Waals surface area (Å²) in [5.74, 6) is 0.354. The van der Waals surface area contributed by atoms with E-state index in [9.17, 15) is 4.79 Å². The SMILES string of the molecule is CN(C)CCCN1CC2(CCC1=O)CCN(c1ccnc3ccccc13)CC2. The van der Waals surface area contributed by atoms with Gasteiger partial charge in [0.15, 0.2) is 0 Å². The molecule has 0 atom stereocenters. The van der Waals surface area contributed by atoms with Crippen LogP contribution in [-0.4, -0.2) is 67.5 Å². The predicted molar refractivity (Wildman–Crippen MR) is 115 cm³/mol. The summed E-state index contributed by atoms with van der Waals surface area (Å²) in [6, 6.07) is 10.6. The fraction of sp³-hybridized carbons (Fsp3) is 0.565. The molecule has 0 radical (unpaired) electrons. The molecule has 2 aromatic rings. The molecule has 1 spiro atoms. The Hall–Kier alpha value is -2.14. The molecule has 0 unspecified atom stereocenters. The van der Waals surface area contributed by atoms with Crippen molar-refractivity contribution in [2.75, 3.05) is 51.7 Å².